The molecule has 1 amide bonds. The number of amides is 1. The second-order valence-corrected chi connectivity index (χ2v) is 7.04. The average Bonchev–Trinajstić information content (AvgIpc) is 2.91. The Kier molecular flexibility index (Phi) is 5.01. The molecule has 1 aliphatic heterocycles. The van der Waals surface area contributed by atoms with Gasteiger partial charge in [-0.2, -0.15) is 5.10 Å². The lowest BCUT2D eigenvalue weighted by Crippen LogP contribution is -2.53. The number of β-amino-alcohol motifs (C(OH)–C–C–N with tert-alkyl or cyclic N) is 1. The van der Waals surface area contributed by atoms with Gasteiger partial charge >= 0.3 is 0 Å². The van der Waals surface area contributed by atoms with Crippen molar-refractivity contribution in [1.29, 1.82) is 0 Å². The van der Waals surface area contributed by atoms with Crippen LogP contribution in [0.4, 0.5) is 0 Å². The third-order valence-corrected chi connectivity index (χ3v) is 4.63. The van der Waals surface area contributed by atoms with Gasteiger partial charge in [0.25, 0.3) is 5.91 Å². The monoisotopic (exact) mass is 363 g/mol. The standard InChI is InChI=1S/C18H22ClN3O3/c1-13-16(10-21(2)20-13)17(23)22-8-4-7-18(24,11-22)12-25-15-6-3-5-14(19)9-15/h3,5-6,9-10,24H,4,7-8,11-12H2,1-2H3. The molecule has 2 heterocycles. The summed E-state index contributed by atoms with van der Waals surface area (Å²) in [6.45, 7) is 2.78. The number of halogens is 1. The van der Waals surface area contributed by atoms with Crippen molar-refractivity contribution in [2.45, 2.75) is 25.4 Å². The molecule has 0 bridgehead atoms. The highest BCUT2D eigenvalue weighted by Gasteiger charge is 2.37. The maximum atomic E-state index is 12.7. The van der Waals surface area contributed by atoms with Crippen LogP contribution in [0, 0.1) is 6.92 Å². The number of hydrogen-bond acceptors (Lipinski definition) is 4. The lowest BCUT2D eigenvalue weighted by molar-refractivity contribution is -0.0532. The predicted octanol–water partition coefficient (Wildman–Crippen LogP) is 2.43. The van der Waals surface area contributed by atoms with Crippen LogP contribution in [0.3, 0.4) is 0 Å². The molecule has 1 fully saturated rings. The molecule has 3 rings (SSSR count). The zero-order valence-electron chi connectivity index (χ0n) is 14.4. The highest BCUT2D eigenvalue weighted by atomic mass is 35.5. The van der Waals surface area contributed by atoms with Gasteiger partial charge in [-0.3, -0.25) is 9.48 Å². The Hall–Kier alpha value is -2.05. The molecule has 1 aromatic carbocycles. The SMILES string of the molecule is Cc1nn(C)cc1C(=O)N1CCCC(O)(COc2cccc(Cl)c2)C1. The summed E-state index contributed by atoms with van der Waals surface area (Å²) in [7, 11) is 1.79. The first-order valence-corrected chi connectivity index (χ1v) is 8.64. The summed E-state index contributed by atoms with van der Waals surface area (Å²) in [4.78, 5) is 14.4. The maximum Gasteiger partial charge on any atom is 0.257 e. The highest BCUT2D eigenvalue weighted by molar-refractivity contribution is 6.30. The van der Waals surface area contributed by atoms with Crippen LogP contribution in [0.2, 0.25) is 5.02 Å². The summed E-state index contributed by atoms with van der Waals surface area (Å²) in [5.74, 6) is 0.499. The number of likely N-dealkylation sites (tertiary alicyclic amines) is 1. The van der Waals surface area contributed by atoms with E-state index in [-0.39, 0.29) is 19.1 Å². The molecule has 6 nitrogen and oxygen atoms in total. The van der Waals surface area contributed by atoms with Crippen LogP contribution in [0.1, 0.15) is 28.9 Å². The van der Waals surface area contributed by atoms with Gasteiger partial charge in [0, 0.05) is 24.8 Å². The minimum Gasteiger partial charge on any atom is -0.490 e. The summed E-state index contributed by atoms with van der Waals surface area (Å²) in [5.41, 5.74) is 0.186. The van der Waals surface area contributed by atoms with Crippen molar-refractivity contribution in [1.82, 2.24) is 14.7 Å². The summed E-state index contributed by atoms with van der Waals surface area (Å²) < 4.78 is 7.33. The van der Waals surface area contributed by atoms with Crippen LogP contribution in [-0.2, 0) is 7.05 Å². The highest BCUT2D eigenvalue weighted by Crippen LogP contribution is 2.25. The average molecular weight is 364 g/mol. The van der Waals surface area contributed by atoms with E-state index in [1.165, 1.54) is 0 Å². The molecule has 0 saturated carbocycles. The molecule has 0 radical (unpaired) electrons. The van der Waals surface area contributed by atoms with Gasteiger partial charge in [0.15, 0.2) is 0 Å². The first kappa shape index (κ1) is 17.8. The van der Waals surface area contributed by atoms with Crippen molar-refractivity contribution >= 4 is 17.5 Å². The van der Waals surface area contributed by atoms with Crippen molar-refractivity contribution in [3.05, 3.63) is 46.7 Å². The van der Waals surface area contributed by atoms with Gasteiger partial charge in [0.1, 0.15) is 18.0 Å². The van der Waals surface area contributed by atoms with Gasteiger partial charge in [-0.25, -0.2) is 0 Å². The topological polar surface area (TPSA) is 67.6 Å². The van der Waals surface area contributed by atoms with Gasteiger partial charge in [0.2, 0.25) is 0 Å². The van der Waals surface area contributed by atoms with Crippen molar-refractivity contribution < 1.29 is 14.6 Å². The smallest absolute Gasteiger partial charge is 0.257 e. The molecular formula is C18H22ClN3O3. The molecule has 1 N–H and O–H groups in total. The molecule has 1 aliphatic rings. The largest absolute Gasteiger partial charge is 0.490 e. The van der Waals surface area contributed by atoms with Gasteiger partial charge in [0.05, 0.1) is 17.8 Å². The second kappa shape index (κ2) is 7.06. The Morgan fingerprint density at radius 1 is 1.48 bits per heavy atom. The number of carbonyl (C=O) groups excluding carboxylic acids is 1. The van der Waals surface area contributed by atoms with Gasteiger partial charge in [-0.15, -0.1) is 0 Å². The van der Waals surface area contributed by atoms with Crippen LogP contribution in [0.5, 0.6) is 5.75 Å². The van der Waals surface area contributed by atoms with E-state index in [9.17, 15) is 9.90 Å². The molecule has 1 unspecified atom stereocenters. The third-order valence-electron chi connectivity index (χ3n) is 4.39. The lowest BCUT2D eigenvalue weighted by atomic mass is 9.93. The van der Waals surface area contributed by atoms with Crippen molar-refractivity contribution in [2.24, 2.45) is 7.05 Å². The Morgan fingerprint density at radius 2 is 2.28 bits per heavy atom. The zero-order chi connectivity index (χ0) is 18.0. The quantitative estimate of drug-likeness (QED) is 0.905. The molecule has 1 atom stereocenters. The number of aromatic nitrogens is 2. The Labute approximate surface area is 152 Å². The van der Waals surface area contributed by atoms with Crippen LogP contribution in [0.15, 0.2) is 30.5 Å². The number of aliphatic hydroxyl groups is 1. The van der Waals surface area contributed by atoms with Crippen LogP contribution in [-0.4, -0.2) is 51.0 Å². The van der Waals surface area contributed by atoms with E-state index in [2.05, 4.69) is 5.10 Å². The van der Waals surface area contributed by atoms with E-state index >= 15 is 0 Å². The number of hydrogen-bond donors (Lipinski definition) is 1. The molecule has 7 heteroatoms. The van der Waals surface area contributed by atoms with Crippen molar-refractivity contribution in [3.63, 3.8) is 0 Å². The Morgan fingerprint density at radius 3 is 2.96 bits per heavy atom. The van der Waals surface area contributed by atoms with Crippen LogP contribution in [0.25, 0.3) is 0 Å². The van der Waals surface area contributed by atoms with Crippen LogP contribution < -0.4 is 4.74 Å². The van der Waals surface area contributed by atoms with E-state index in [1.807, 2.05) is 6.92 Å². The second-order valence-electron chi connectivity index (χ2n) is 6.60. The predicted molar refractivity (Wildman–Crippen MR) is 95.0 cm³/mol. The fourth-order valence-electron chi connectivity index (χ4n) is 3.16. The summed E-state index contributed by atoms with van der Waals surface area (Å²) in [5, 5.41) is 15.7. The molecule has 1 aromatic heterocycles. The molecular weight excluding hydrogens is 342 g/mol. The van der Waals surface area contributed by atoms with E-state index in [1.54, 1.807) is 47.1 Å². The molecule has 2 aromatic rings. The van der Waals surface area contributed by atoms with Gasteiger partial charge in [-0.1, -0.05) is 17.7 Å². The van der Waals surface area contributed by atoms with E-state index in [0.29, 0.717) is 35.0 Å². The lowest BCUT2D eigenvalue weighted by Gasteiger charge is -2.38. The normalized spacial score (nSPS) is 20.6. The van der Waals surface area contributed by atoms with E-state index in [0.717, 1.165) is 6.42 Å². The Balaban J connectivity index is 1.67. The molecule has 1 saturated heterocycles. The number of nitrogens with zero attached hydrogens (tertiary/aromatic N) is 3. The van der Waals surface area contributed by atoms with Crippen molar-refractivity contribution in [2.75, 3.05) is 19.7 Å². The minimum absolute atomic E-state index is 0.105. The fourth-order valence-corrected chi connectivity index (χ4v) is 3.34. The first-order chi connectivity index (χ1) is 11.9. The van der Waals surface area contributed by atoms with Crippen LogP contribution >= 0.6 is 11.6 Å². The number of aryl methyl sites for hydroxylation is 2. The third kappa shape index (κ3) is 4.14. The minimum atomic E-state index is -1.08. The summed E-state index contributed by atoms with van der Waals surface area (Å²) in [6.07, 6.45) is 3.03. The number of carbonyl (C=O) groups is 1. The molecule has 0 aliphatic carbocycles. The maximum absolute atomic E-state index is 12.7. The Bertz CT molecular complexity index is 777. The summed E-state index contributed by atoms with van der Waals surface area (Å²) >= 11 is 5.95. The zero-order valence-corrected chi connectivity index (χ0v) is 15.2. The molecule has 134 valence electrons. The van der Waals surface area contributed by atoms with Gasteiger partial charge in [-0.05, 0) is 38.0 Å². The number of benzene rings is 1. The van der Waals surface area contributed by atoms with E-state index in [4.69, 9.17) is 16.3 Å². The number of rotatable bonds is 4. The number of ether oxygens (including phenoxy) is 1. The summed E-state index contributed by atoms with van der Waals surface area (Å²) in [6, 6.07) is 7.06. The van der Waals surface area contributed by atoms with Crippen molar-refractivity contribution in [3.8, 4) is 5.75 Å². The van der Waals surface area contributed by atoms with E-state index < -0.39 is 5.60 Å². The number of piperidine rings is 1. The molecule has 0 spiro atoms. The molecule has 25 heavy (non-hydrogen) atoms. The van der Waals surface area contributed by atoms with Gasteiger partial charge < -0.3 is 14.7 Å². The first-order valence-electron chi connectivity index (χ1n) is 8.27. The fraction of sp³-hybridized carbons (Fsp3) is 0.444.